The first-order chi connectivity index (χ1) is 16.1. The van der Waals surface area contributed by atoms with Gasteiger partial charge in [0.25, 0.3) is 5.91 Å². The first kappa shape index (κ1) is 21.9. The average Bonchev–Trinajstić information content (AvgIpc) is 2.85. The molecule has 0 spiro atoms. The summed E-state index contributed by atoms with van der Waals surface area (Å²) in [6.07, 6.45) is 5.37. The van der Waals surface area contributed by atoms with E-state index in [4.69, 9.17) is 20.0 Å². The van der Waals surface area contributed by atoms with Crippen LogP contribution in [0.15, 0.2) is 60.7 Å². The molecule has 0 unspecified atom stereocenters. The highest BCUT2D eigenvalue weighted by atomic mass is 16.5. The number of nitrogens with one attached hydrogen (secondary N) is 1. The van der Waals surface area contributed by atoms with Crippen molar-refractivity contribution in [3.63, 3.8) is 0 Å². The van der Waals surface area contributed by atoms with Crippen LogP contribution in [0.25, 0.3) is 0 Å². The van der Waals surface area contributed by atoms with E-state index in [0.717, 1.165) is 25.7 Å². The van der Waals surface area contributed by atoms with E-state index < -0.39 is 0 Å². The van der Waals surface area contributed by atoms with Crippen molar-refractivity contribution in [1.29, 1.82) is 10.5 Å². The quantitative estimate of drug-likeness (QED) is 0.546. The zero-order valence-corrected chi connectivity index (χ0v) is 18.0. The molecule has 4 rings (SSSR count). The first-order valence-electron chi connectivity index (χ1n) is 10.8. The molecule has 0 atom stereocenters. The Hall–Kier alpha value is -4.36. The van der Waals surface area contributed by atoms with Crippen molar-refractivity contribution >= 4 is 5.91 Å². The van der Waals surface area contributed by atoms with Crippen molar-refractivity contribution in [1.82, 2.24) is 10.3 Å². The number of hydrogen-bond donors (Lipinski definition) is 1. The van der Waals surface area contributed by atoms with Gasteiger partial charge in [0.2, 0.25) is 11.8 Å². The van der Waals surface area contributed by atoms with Gasteiger partial charge in [-0.15, -0.1) is 0 Å². The van der Waals surface area contributed by atoms with Gasteiger partial charge in [0.15, 0.2) is 0 Å². The van der Waals surface area contributed by atoms with E-state index in [2.05, 4.69) is 22.4 Å². The summed E-state index contributed by atoms with van der Waals surface area (Å²) in [5, 5.41) is 21.1. The van der Waals surface area contributed by atoms with Gasteiger partial charge in [-0.05, 0) is 61.4 Å². The van der Waals surface area contributed by atoms with Crippen LogP contribution in [-0.4, -0.2) is 16.9 Å². The molecular formula is C26H22N4O3. The Morgan fingerprint density at radius 3 is 1.76 bits per heavy atom. The lowest BCUT2D eigenvalue weighted by Gasteiger charge is -2.23. The van der Waals surface area contributed by atoms with Crippen LogP contribution >= 0.6 is 0 Å². The fourth-order valence-corrected chi connectivity index (χ4v) is 3.67. The van der Waals surface area contributed by atoms with Gasteiger partial charge >= 0.3 is 0 Å². The highest BCUT2D eigenvalue weighted by molar-refractivity contribution is 5.95. The summed E-state index contributed by atoms with van der Waals surface area (Å²) >= 11 is 0. The van der Waals surface area contributed by atoms with Gasteiger partial charge in [0.05, 0.1) is 28.8 Å². The van der Waals surface area contributed by atoms with Crippen molar-refractivity contribution in [3.05, 3.63) is 77.4 Å². The van der Waals surface area contributed by atoms with E-state index in [1.807, 2.05) is 0 Å². The topological polar surface area (TPSA) is 108 Å². The lowest BCUT2D eigenvalue weighted by atomic mass is 9.95. The third-order valence-electron chi connectivity index (χ3n) is 5.39. The second-order valence-electron chi connectivity index (χ2n) is 7.82. The number of hydrogen-bond acceptors (Lipinski definition) is 6. The van der Waals surface area contributed by atoms with Crippen LogP contribution in [0, 0.1) is 22.7 Å². The number of nitrogens with zero attached hydrogens (tertiary/aromatic N) is 3. The summed E-state index contributed by atoms with van der Waals surface area (Å²) in [6.45, 7) is 0. The molecule has 33 heavy (non-hydrogen) atoms. The summed E-state index contributed by atoms with van der Waals surface area (Å²) in [6, 6.07) is 20.6. The highest BCUT2D eigenvalue weighted by Gasteiger charge is 2.19. The Labute approximate surface area is 192 Å². The summed E-state index contributed by atoms with van der Waals surface area (Å²) in [5.74, 6) is 1.14. The molecule has 1 N–H and O–H groups in total. The maximum atomic E-state index is 13.0. The normalized spacial score (nSPS) is 13.4. The summed E-state index contributed by atoms with van der Waals surface area (Å²) in [4.78, 5) is 17.4. The fourth-order valence-electron chi connectivity index (χ4n) is 3.67. The van der Waals surface area contributed by atoms with E-state index in [0.29, 0.717) is 28.2 Å². The maximum absolute atomic E-state index is 13.0. The van der Waals surface area contributed by atoms with Gasteiger partial charge in [-0.3, -0.25) is 4.79 Å². The van der Waals surface area contributed by atoms with Crippen molar-refractivity contribution in [3.8, 4) is 35.4 Å². The number of amides is 1. The summed E-state index contributed by atoms with van der Waals surface area (Å²) in [5.41, 5.74) is 1.41. The Balaban J connectivity index is 1.59. The molecule has 1 aliphatic rings. The Morgan fingerprint density at radius 2 is 1.30 bits per heavy atom. The standard InChI is InChI=1S/C26H22N4O3/c27-16-18-6-10-22(11-7-18)32-24-14-20(26(31)29-21-4-2-1-3-5-21)15-25(30-24)33-23-12-8-19(17-28)9-13-23/h6-15,21H,1-5H2,(H,29,31). The van der Waals surface area contributed by atoms with Crippen molar-refractivity contribution in [2.45, 2.75) is 38.1 Å². The molecule has 1 aliphatic carbocycles. The second-order valence-corrected chi connectivity index (χ2v) is 7.82. The van der Waals surface area contributed by atoms with Gasteiger partial charge in [-0.2, -0.15) is 15.5 Å². The number of nitriles is 2. The SMILES string of the molecule is N#Cc1ccc(Oc2cc(C(=O)NC3CCCCC3)cc(Oc3ccc(C#N)cc3)n2)cc1. The van der Waals surface area contributed by atoms with Crippen LogP contribution < -0.4 is 14.8 Å². The predicted octanol–water partition coefficient (Wildman–Crippen LogP) is 5.47. The molecule has 1 fully saturated rings. The minimum atomic E-state index is -0.210. The van der Waals surface area contributed by atoms with Gasteiger partial charge in [0, 0.05) is 18.2 Å². The molecule has 1 heterocycles. The molecule has 164 valence electrons. The van der Waals surface area contributed by atoms with Crippen LogP contribution in [-0.2, 0) is 0 Å². The van der Waals surface area contributed by atoms with Gasteiger partial charge < -0.3 is 14.8 Å². The van der Waals surface area contributed by atoms with Gasteiger partial charge in [-0.1, -0.05) is 19.3 Å². The third-order valence-corrected chi connectivity index (χ3v) is 5.39. The molecule has 0 bridgehead atoms. The molecule has 7 heteroatoms. The number of carbonyl (C=O) groups excluding carboxylic acids is 1. The third kappa shape index (κ3) is 5.87. The molecular weight excluding hydrogens is 416 g/mol. The van der Waals surface area contributed by atoms with Crippen molar-refractivity contribution in [2.24, 2.45) is 0 Å². The van der Waals surface area contributed by atoms with Crippen molar-refractivity contribution in [2.75, 3.05) is 0 Å². The van der Waals surface area contributed by atoms with Crippen LogP contribution in [0.4, 0.5) is 0 Å². The Bertz CT molecular complexity index is 1120. The largest absolute Gasteiger partial charge is 0.439 e. The summed E-state index contributed by atoms with van der Waals surface area (Å²) in [7, 11) is 0. The van der Waals surface area contributed by atoms with Gasteiger partial charge in [0.1, 0.15) is 11.5 Å². The maximum Gasteiger partial charge on any atom is 0.251 e. The number of benzene rings is 2. The predicted molar refractivity (Wildman–Crippen MR) is 121 cm³/mol. The average molecular weight is 438 g/mol. The van der Waals surface area contributed by atoms with E-state index in [1.165, 1.54) is 6.42 Å². The minimum absolute atomic E-state index is 0.158. The second kappa shape index (κ2) is 10.3. The number of aromatic nitrogens is 1. The molecule has 1 saturated carbocycles. The Kier molecular flexibility index (Phi) is 6.82. The first-order valence-corrected chi connectivity index (χ1v) is 10.8. The molecule has 0 aliphatic heterocycles. The molecule has 3 aromatic rings. The molecule has 2 aromatic carbocycles. The van der Waals surface area contributed by atoms with Crippen LogP contribution in [0.3, 0.4) is 0 Å². The molecule has 0 radical (unpaired) electrons. The van der Waals surface area contributed by atoms with E-state index in [9.17, 15) is 4.79 Å². The van der Waals surface area contributed by atoms with Crippen molar-refractivity contribution < 1.29 is 14.3 Å². The van der Waals surface area contributed by atoms with E-state index in [1.54, 1.807) is 60.7 Å². The van der Waals surface area contributed by atoms with Crippen LogP contribution in [0.1, 0.15) is 53.6 Å². The Morgan fingerprint density at radius 1 is 0.818 bits per heavy atom. The number of ether oxygens (including phenoxy) is 2. The molecule has 1 aromatic heterocycles. The number of rotatable bonds is 6. The smallest absolute Gasteiger partial charge is 0.251 e. The lowest BCUT2D eigenvalue weighted by molar-refractivity contribution is 0.0927. The fraction of sp³-hybridized carbons (Fsp3) is 0.231. The van der Waals surface area contributed by atoms with Crippen LogP contribution in [0.2, 0.25) is 0 Å². The summed E-state index contributed by atoms with van der Waals surface area (Å²) < 4.78 is 11.7. The molecule has 0 saturated heterocycles. The number of pyridine rings is 1. The number of carbonyl (C=O) groups is 1. The van der Waals surface area contributed by atoms with E-state index >= 15 is 0 Å². The monoisotopic (exact) mass is 438 g/mol. The minimum Gasteiger partial charge on any atom is -0.439 e. The highest BCUT2D eigenvalue weighted by Crippen LogP contribution is 2.28. The molecule has 7 nitrogen and oxygen atoms in total. The zero-order chi connectivity index (χ0) is 23.0. The van der Waals surface area contributed by atoms with Gasteiger partial charge in [-0.25, -0.2) is 0 Å². The molecule has 1 amide bonds. The van der Waals surface area contributed by atoms with Crippen LogP contribution in [0.5, 0.6) is 23.3 Å². The van der Waals surface area contributed by atoms with E-state index in [-0.39, 0.29) is 23.7 Å². The zero-order valence-electron chi connectivity index (χ0n) is 18.0. The lowest BCUT2D eigenvalue weighted by Crippen LogP contribution is -2.36.